The molecule has 0 radical (unpaired) electrons. The van der Waals surface area contributed by atoms with Crippen LogP contribution < -0.4 is 5.32 Å². The monoisotopic (exact) mass is 323 g/mol. The van der Waals surface area contributed by atoms with Crippen molar-refractivity contribution in [1.82, 2.24) is 24.6 Å². The van der Waals surface area contributed by atoms with E-state index in [1.165, 1.54) is 5.69 Å². The first-order valence-electron chi connectivity index (χ1n) is 8.33. The highest BCUT2D eigenvalue weighted by molar-refractivity contribution is 5.51. The van der Waals surface area contributed by atoms with Gasteiger partial charge in [0.05, 0.1) is 18.3 Å². The van der Waals surface area contributed by atoms with E-state index < -0.39 is 0 Å². The molecule has 0 fully saturated rings. The van der Waals surface area contributed by atoms with E-state index in [2.05, 4.69) is 21.0 Å². The third-order valence-corrected chi connectivity index (χ3v) is 4.48. The van der Waals surface area contributed by atoms with E-state index in [0.717, 1.165) is 43.1 Å². The number of rotatable bonds is 4. The van der Waals surface area contributed by atoms with Gasteiger partial charge in [0.1, 0.15) is 5.69 Å². The van der Waals surface area contributed by atoms with E-state index in [1.54, 1.807) is 6.20 Å². The molecule has 0 aliphatic carbocycles. The summed E-state index contributed by atoms with van der Waals surface area (Å²) in [6.07, 6.45) is 4.75. The summed E-state index contributed by atoms with van der Waals surface area (Å²) >= 11 is 0. The Hall–Kier alpha value is -2.44. The molecule has 6 nitrogen and oxygen atoms in total. The van der Waals surface area contributed by atoms with Gasteiger partial charge in [-0.15, -0.1) is 0 Å². The lowest BCUT2D eigenvalue weighted by Crippen LogP contribution is -2.15. The number of aromatic nitrogens is 4. The Kier molecular flexibility index (Phi) is 4.15. The van der Waals surface area contributed by atoms with Gasteiger partial charge >= 0.3 is 0 Å². The van der Waals surface area contributed by atoms with Crippen LogP contribution in [0, 0.1) is 0 Å². The Bertz CT molecular complexity index is 784. The van der Waals surface area contributed by atoms with Crippen LogP contribution in [0.1, 0.15) is 23.7 Å². The van der Waals surface area contributed by atoms with Crippen LogP contribution in [-0.4, -0.2) is 37.6 Å². The highest BCUT2D eigenvalue weighted by Crippen LogP contribution is 2.25. The molecule has 0 amide bonds. The van der Waals surface area contributed by atoms with Gasteiger partial charge in [-0.3, -0.25) is 4.68 Å². The number of aliphatic hydroxyl groups excluding tert-OH is 1. The molecule has 0 saturated heterocycles. The number of imidazole rings is 1. The molecule has 1 aliphatic heterocycles. The maximum atomic E-state index is 9.94. The third-order valence-electron chi connectivity index (χ3n) is 4.48. The Labute approximate surface area is 140 Å². The highest BCUT2D eigenvalue weighted by Gasteiger charge is 2.20. The second-order valence-electron chi connectivity index (χ2n) is 6.04. The fourth-order valence-corrected chi connectivity index (χ4v) is 3.26. The standard InChI is InChI=1S/C18H21N5O/c24-13-17(14-5-2-1-3-6-14)22-10-8-20-18(22)16-11-15-12-19-7-4-9-23(15)21-16/h1-3,5-6,8,10-11,17,19,24H,4,7,9,12-13H2/t17-/m1/s1. The lowest BCUT2D eigenvalue weighted by molar-refractivity contribution is 0.250. The van der Waals surface area contributed by atoms with E-state index in [9.17, 15) is 5.11 Å². The number of hydrogen-bond acceptors (Lipinski definition) is 4. The molecule has 0 saturated carbocycles. The summed E-state index contributed by atoms with van der Waals surface area (Å²) in [4.78, 5) is 4.50. The van der Waals surface area contributed by atoms with Gasteiger partial charge in [-0.1, -0.05) is 30.3 Å². The van der Waals surface area contributed by atoms with Crippen molar-refractivity contribution in [3.8, 4) is 11.5 Å². The van der Waals surface area contributed by atoms with Gasteiger partial charge in [0.2, 0.25) is 0 Å². The summed E-state index contributed by atoms with van der Waals surface area (Å²) in [6.45, 7) is 2.79. The number of nitrogens with one attached hydrogen (secondary N) is 1. The van der Waals surface area contributed by atoms with Gasteiger partial charge in [0, 0.05) is 25.5 Å². The van der Waals surface area contributed by atoms with Gasteiger partial charge in [-0.05, 0) is 24.6 Å². The molecule has 0 bridgehead atoms. The summed E-state index contributed by atoms with van der Waals surface area (Å²) in [6, 6.07) is 11.9. The first kappa shape index (κ1) is 15.1. The van der Waals surface area contributed by atoms with Gasteiger partial charge in [0.25, 0.3) is 0 Å². The average molecular weight is 323 g/mol. The second kappa shape index (κ2) is 6.59. The van der Waals surface area contributed by atoms with Crippen molar-refractivity contribution in [1.29, 1.82) is 0 Å². The molecular formula is C18H21N5O. The molecule has 1 atom stereocenters. The van der Waals surface area contributed by atoms with Crippen LogP contribution in [0.5, 0.6) is 0 Å². The molecule has 4 rings (SSSR count). The number of benzene rings is 1. The molecule has 124 valence electrons. The normalized spacial score (nSPS) is 15.7. The van der Waals surface area contributed by atoms with Crippen molar-refractivity contribution in [2.45, 2.75) is 25.6 Å². The van der Waals surface area contributed by atoms with Crippen LogP contribution in [0.25, 0.3) is 11.5 Å². The summed E-state index contributed by atoms with van der Waals surface area (Å²) in [5.74, 6) is 0.790. The van der Waals surface area contributed by atoms with Crippen LogP contribution in [0.2, 0.25) is 0 Å². The molecule has 2 N–H and O–H groups in total. The lowest BCUT2D eigenvalue weighted by Gasteiger charge is -2.18. The van der Waals surface area contributed by atoms with Gasteiger partial charge < -0.3 is 15.0 Å². The van der Waals surface area contributed by atoms with E-state index in [0.29, 0.717) is 0 Å². The zero-order valence-electron chi connectivity index (χ0n) is 13.5. The van der Waals surface area contributed by atoms with Crippen LogP contribution in [-0.2, 0) is 13.1 Å². The number of hydrogen-bond donors (Lipinski definition) is 2. The zero-order chi connectivity index (χ0) is 16.4. The smallest absolute Gasteiger partial charge is 0.161 e. The summed E-state index contributed by atoms with van der Waals surface area (Å²) in [7, 11) is 0. The van der Waals surface area contributed by atoms with E-state index in [-0.39, 0.29) is 12.6 Å². The number of aryl methyl sites for hydroxylation is 1. The van der Waals surface area contributed by atoms with Crippen LogP contribution in [0.4, 0.5) is 0 Å². The second-order valence-corrected chi connectivity index (χ2v) is 6.04. The number of nitrogens with zero attached hydrogens (tertiary/aromatic N) is 4. The molecule has 1 aromatic carbocycles. The third kappa shape index (κ3) is 2.74. The van der Waals surface area contributed by atoms with Gasteiger partial charge in [0.15, 0.2) is 5.82 Å². The van der Waals surface area contributed by atoms with Crippen LogP contribution in [0.3, 0.4) is 0 Å². The molecule has 0 unspecified atom stereocenters. The Morgan fingerprint density at radius 3 is 2.96 bits per heavy atom. The van der Waals surface area contributed by atoms with Crippen molar-refractivity contribution in [2.24, 2.45) is 0 Å². The zero-order valence-corrected chi connectivity index (χ0v) is 13.5. The molecule has 0 spiro atoms. The van der Waals surface area contributed by atoms with Crippen LogP contribution in [0.15, 0.2) is 48.8 Å². The maximum Gasteiger partial charge on any atom is 0.161 e. The highest BCUT2D eigenvalue weighted by atomic mass is 16.3. The summed E-state index contributed by atoms with van der Waals surface area (Å²) < 4.78 is 4.07. The van der Waals surface area contributed by atoms with E-state index in [1.807, 2.05) is 41.1 Å². The number of fused-ring (bicyclic) bond motifs is 1. The SMILES string of the molecule is OC[C@H](c1ccccc1)n1ccnc1-c1cc2n(n1)CCCNC2. The number of aliphatic hydroxyl groups is 1. The van der Waals surface area contributed by atoms with Crippen LogP contribution >= 0.6 is 0 Å². The van der Waals surface area contributed by atoms with Crippen molar-refractivity contribution < 1.29 is 5.11 Å². The molecule has 2 aromatic heterocycles. The minimum atomic E-state index is -0.164. The quantitative estimate of drug-likeness (QED) is 0.768. The Morgan fingerprint density at radius 1 is 1.25 bits per heavy atom. The molecule has 3 heterocycles. The van der Waals surface area contributed by atoms with Crippen molar-refractivity contribution in [3.63, 3.8) is 0 Å². The van der Waals surface area contributed by atoms with Crippen molar-refractivity contribution in [3.05, 3.63) is 60.0 Å². The molecule has 1 aliphatic rings. The predicted molar refractivity (Wildman–Crippen MR) is 91.4 cm³/mol. The van der Waals surface area contributed by atoms with Crippen molar-refractivity contribution >= 4 is 0 Å². The molecule has 3 aromatic rings. The fourth-order valence-electron chi connectivity index (χ4n) is 3.26. The predicted octanol–water partition coefficient (Wildman–Crippen LogP) is 1.82. The van der Waals surface area contributed by atoms with Crippen molar-refractivity contribution in [2.75, 3.05) is 13.2 Å². The summed E-state index contributed by atoms with van der Waals surface area (Å²) in [5, 5.41) is 18.1. The van der Waals surface area contributed by atoms with Gasteiger partial charge in [-0.2, -0.15) is 5.10 Å². The van der Waals surface area contributed by atoms with E-state index in [4.69, 9.17) is 5.10 Å². The average Bonchev–Trinajstić information content (AvgIpc) is 3.19. The fraction of sp³-hybridized carbons (Fsp3) is 0.333. The van der Waals surface area contributed by atoms with Gasteiger partial charge in [-0.25, -0.2) is 4.98 Å². The molecule has 6 heteroatoms. The topological polar surface area (TPSA) is 67.9 Å². The minimum Gasteiger partial charge on any atom is -0.394 e. The first-order valence-corrected chi connectivity index (χ1v) is 8.33. The Morgan fingerprint density at radius 2 is 2.12 bits per heavy atom. The Balaban J connectivity index is 1.72. The first-order chi connectivity index (χ1) is 11.9. The maximum absolute atomic E-state index is 9.94. The molecular weight excluding hydrogens is 302 g/mol. The lowest BCUT2D eigenvalue weighted by atomic mass is 10.1. The summed E-state index contributed by atoms with van der Waals surface area (Å²) in [5.41, 5.74) is 3.09. The minimum absolute atomic E-state index is 0.0164. The largest absolute Gasteiger partial charge is 0.394 e. The van der Waals surface area contributed by atoms with E-state index >= 15 is 0 Å². The molecule has 24 heavy (non-hydrogen) atoms.